The van der Waals surface area contributed by atoms with Crippen molar-refractivity contribution in [3.05, 3.63) is 54.3 Å². The number of benzene rings is 2. The zero-order valence-electron chi connectivity index (χ0n) is 11.3. The molecule has 2 N–H and O–H groups in total. The first-order valence-corrected chi connectivity index (χ1v) is 6.70. The molecule has 1 unspecified atom stereocenters. The van der Waals surface area contributed by atoms with Crippen LogP contribution in [0.1, 0.15) is 0 Å². The van der Waals surface area contributed by atoms with E-state index in [1.54, 1.807) is 22.8 Å². The lowest BCUT2D eigenvalue weighted by Gasteiger charge is -2.13. The molecule has 0 aliphatic rings. The maximum atomic E-state index is 14.0. The second kappa shape index (κ2) is 5.63. The molecule has 0 amide bonds. The summed E-state index contributed by atoms with van der Waals surface area (Å²) in [6, 6.07) is 13.8. The van der Waals surface area contributed by atoms with E-state index < -0.39 is 6.10 Å². The van der Waals surface area contributed by atoms with Gasteiger partial charge < -0.3 is 14.8 Å². The van der Waals surface area contributed by atoms with Crippen LogP contribution in [0.5, 0.6) is 0 Å². The molecule has 1 atom stereocenters. The number of hydrogen-bond donors (Lipinski definition) is 2. The summed E-state index contributed by atoms with van der Waals surface area (Å²) >= 11 is 0. The van der Waals surface area contributed by atoms with Gasteiger partial charge in [0.1, 0.15) is 11.6 Å². The maximum Gasteiger partial charge on any atom is 0.144 e. The molecule has 0 aliphatic carbocycles. The number of halogens is 1. The number of rotatable bonds is 4. The summed E-state index contributed by atoms with van der Waals surface area (Å²) in [6.07, 6.45) is -0.923. The molecule has 5 heteroatoms. The number of para-hydroxylation sites is 2. The number of imidazole rings is 1. The van der Waals surface area contributed by atoms with Gasteiger partial charge in [-0.1, -0.05) is 24.3 Å². The van der Waals surface area contributed by atoms with E-state index in [9.17, 15) is 9.50 Å². The van der Waals surface area contributed by atoms with Gasteiger partial charge in [-0.05, 0) is 24.3 Å². The Morgan fingerprint density at radius 2 is 1.81 bits per heavy atom. The lowest BCUT2D eigenvalue weighted by molar-refractivity contribution is 0.0824. The molecular formula is C16H15FN2O2. The molecule has 4 nitrogen and oxygen atoms in total. The van der Waals surface area contributed by atoms with Crippen LogP contribution in [0.25, 0.3) is 22.4 Å². The quantitative estimate of drug-likeness (QED) is 0.773. The van der Waals surface area contributed by atoms with Gasteiger partial charge in [-0.15, -0.1) is 0 Å². The molecule has 2 aromatic carbocycles. The normalized spacial score (nSPS) is 12.7. The molecule has 0 saturated carbocycles. The molecule has 108 valence electrons. The van der Waals surface area contributed by atoms with Crippen LogP contribution in [0.4, 0.5) is 4.39 Å². The van der Waals surface area contributed by atoms with Crippen LogP contribution >= 0.6 is 0 Å². The molecule has 21 heavy (non-hydrogen) atoms. The highest BCUT2D eigenvalue weighted by molar-refractivity contribution is 5.80. The highest BCUT2D eigenvalue weighted by Crippen LogP contribution is 2.27. The number of nitrogens with zero attached hydrogens (tertiary/aromatic N) is 2. The van der Waals surface area contributed by atoms with E-state index in [1.165, 1.54) is 6.07 Å². The van der Waals surface area contributed by atoms with E-state index in [-0.39, 0.29) is 19.0 Å². The van der Waals surface area contributed by atoms with E-state index in [2.05, 4.69) is 4.98 Å². The minimum Gasteiger partial charge on any atom is -0.394 e. The van der Waals surface area contributed by atoms with Crippen molar-refractivity contribution in [2.45, 2.75) is 12.6 Å². The third kappa shape index (κ3) is 2.53. The molecular weight excluding hydrogens is 271 g/mol. The Bertz CT molecular complexity index is 770. The summed E-state index contributed by atoms with van der Waals surface area (Å²) in [5, 5.41) is 18.8. The smallest absolute Gasteiger partial charge is 0.144 e. The second-order valence-corrected chi connectivity index (χ2v) is 4.85. The van der Waals surface area contributed by atoms with Crippen molar-refractivity contribution in [3.63, 3.8) is 0 Å². The van der Waals surface area contributed by atoms with Crippen molar-refractivity contribution < 1.29 is 14.6 Å². The van der Waals surface area contributed by atoms with Crippen molar-refractivity contribution >= 4 is 11.0 Å². The Labute approximate surface area is 121 Å². The molecule has 0 bridgehead atoms. The van der Waals surface area contributed by atoms with Crippen LogP contribution in [-0.4, -0.2) is 32.5 Å². The van der Waals surface area contributed by atoms with Crippen LogP contribution in [0.15, 0.2) is 48.5 Å². The first kappa shape index (κ1) is 13.7. The summed E-state index contributed by atoms with van der Waals surface area (Å²) in [5.41, 5.74) is 1.89. The topological polar surface area (TPSA) is 58.3 Å². The average Bonchev–Trinajstić information content (AvgIpc) is 2.86. The highest BCUT2D eigenvalue weighted by Gasteiger charge is 2.17. The van der Waals surface area contributed by atoms with E-state index in [1.807, 2.05) is 24.3 Å². The number of aromatic nitrogens is 2. The third-order valence-corrected chi connectivity index (χ3v) is 3.37. The fourth-order valence-electron chi connectivity index (χ4n) is 2.38. The first-order valence-electron chi connectivity index (χ1n) is 6.70. The third-order valence-electron chi connectivity index (χ3n) is 3.37. The lowest BCUT2D eigenvalue weighted by Crippen LogP contribution is -2.20. The average molecular weight is 286 g/mol. The van der Waals surface area contributed by atoms with E-state index in [4.69, 9.17) is 5.11 Å². The van der Waals surface area contributed by atoms with Crippen molar-refractivity contribution in [3.8, 4) is 11.4 Å². The molecule has 0 radical (unpaired) electrons. The van der Waals surface area contributed by atoms with Gasteiger partial charge in [-0.3, -0.25) is 0 Å². The zero-order valence-corrected chi connectivity index (χ0v) is 11.3. The SMILES string of the molecule is OCC(O)Cn1c(-c2ccccc2F)nc2ccccc21. The molecule has 0 fully saturated rings. The molecule has 0 saturated heterocycles. The fraction of sp³-hybridized carbons (Fsp3) is 0.188. The zero-order chi connectivity index (χ0) is 14.8. The van der Waals surface area contributed by atoms with Gasteiger partial charge in [0.25, 0.3) is 0 Å². The minimum absolute atomic E-state index is 0.153. The number of aliphatic hydroxyl groups excluding tert-OH is 2. The highest BCUT2D eigenvalue weighted by atomic mass is 19.1. The fourth-order valence-corrected chi connectivity index (χ4v) is 2.38. The Morgan fingerprint density at radius 3 is 2.57 bits per heavy atom. The molecule has 3 aromatic rings. The lowest BCUT2D eigenvalue weighted by atomic mass is 10.2. The molecule has 0 spiro atoms. The number of fused-ring (bicyclic) bond motifs is 1. The molecule has 0 aliphatic heterocycles. The summed E-state index contributed by atoms with van der Waals surface area (Å²) < 4.78 is 15.8. The first-order chi connectivity index (χ1) is 10.2. The van der Waals surface area contributed by atoms with E-state index in [0.29, 0.717) is 11.4 Å². The summed E-state index contributed by atoms with van der Waals surface area (Å²) in [6.45, 7) is -0.204. The number of hydrogen-bond acceptors (Lipinski definition) is 3. The van der Waals surface area contributed by atoms with Crippen LogP contribution in [0, 0.1) is 5.82 Å². The van der Waals surface area contributed by atoms with Gasteiger partial charge in [-0.25, -0.2) is 9.37 Å². The largest absolute Gasteiger partial charge is 0.394 e. The van der Waals surface area contributed by atoms with Gasteiger partial charge in [0, 0.05) is 0 Å². The Morgan fingerprint density at radius 1 is 1.10 bits per heavy atom. The monoisotopic (exact) mass is 286 g/mol. The summed E-state index contributed by atoms with van der Waals surface area (Å²) in [5.74, 6) is 0.0781. The molecule has 1 aromatic heterocycles. The minimum atomic E-state index is -0.923. The van der Waals surface area contributed by atoms with Crippen LogP contribution in [0.2, 0.25) is 0 Å². The maximum absolute atomic E-state index is 14.0. The van der Waals surface area contributed by atoms with Gasteiger partial charge in [0.05, 0.1) is 35.9 Å². The molecule has 3 rings (SSSR count). The van der Waals surface area contributed by atoms with Crippen LogP contribution < -0.4 is 0 Å². The Hall–Kier alpha value is -2.24. The van der Waals surface area contributed by atoms with E-state index >= 15 is 0 Å². The van der Waals surface area contributed by atoms with Crippen LogP contribution in [0.3, 0.4) is 0 Å². The van der Waals surface area contributed by atoms with E-state index in [0.717, 1.165) is 11.0 Å². The predicted molar refractivity (Wildman–Crippen MR) is 78.2 cm³/mol. The van der Waals surface area contributed by atoms with Crippen molar-refractivity contribution in [2.75, 3.05) is 6.61 Å². The van der Waals surface area contributed by atoms with Gasteiger partial charge in [0.2, 0.25) is 0 Å². The Balaban J connectivity index is 2.21. The second-order valence-electron chi connectivity index (χ2n) is 4.85. The van der Waals surface area contributed by atoms with Gasteiger partial charge in [-0.2, -0.15) is 0 Å². The Kier molecular flexibility index (Phi) is 3.68. The van der Waals surface area contributed by atoms with Crippen molar-refractivity contribution in [2.24, 2.45) is 0 Å². The summed E-state index contributed by atoms with van der Waals surface area (Å²) in [7, 11) is 0. The molecule has 1 heterocycles. The van der Waals surface area contributed by atoms with Gasteiger partial charge >= 0.3 is 0 Å². The predicted octanol–water partition coefficient (Wildman–Crippen LogP) is 2.20. The summed E-state index contributed by atoms with van der Waals surface area (Å²) in [4.78, 5) is 4.46. The standard InChI is InChI=1S/C16H15FN2O2/c17-13-6-2-1-5-12(13)16-18-14-7-3-4-8-15(14)19(16)9-11(21)10-20/h1-8,11,20-21H,9-10H2. The number of aliphatic hydroxyl groups is 2. The van der Waals surface area contributed by atoms with Crippen LogP contribution in [-0.2, 0) is 6.54 Å². The van der Waals surface area contributed by atoms with Gasteiger partial charge in [0.15, 0.2) is 0 Å². The van der Waals surface area contributed by atoms with Crippen molar-refractivity contribution in [1.29, 1.82) is 0 Å². The van der Waals surface area contributed by atoms with Crippen molar-refractivity contribution in [1.82, 2.24) is 9.55 Å².